The molecule has 1 aromatic heterocycles. The van der Waals surface area contributed by atoms with E-state index in [0.29, 0.717) is 12.5 Å². The lowest BCUT2D eigenvalue weighted by Crippen LogP contribution is -2.31. The molecule has 0 saturated carbocycles. The third kappa shape index (κ3) is 4.68. The normalized spacial score (nSPS) is 10.7. The predicted octanol–water partition coefficient (Wildman–Crippen LogP) is 2.03. The van der Waals surface area contributed by atoms with E-state index in [1.807, 2.05) is 6.92 Å². The van der Waals surface area contributed by atoms with Crippen molar-refractivity contribution in [1.29, 1.82) is 5.26 Å². The fraction of sp³-hybridized carbons (Fsp3) is 0.615. The van der Waals surface area contributed by atoms with Crippen LogP contribution in [0.2, 0.25) is 0 Å². The third-order valence-electron chi connectivity index (χ3n) is 2.67. The minimum Gasteiger partial charge on any atom is -0.369 e. The summed E-state index contributed by atoms with van der Waals surface area (Å²) >= 11 is 0. The summed E-state index contributed by atoms with van der Waals surface area (Å²) in [4.78, 5) is 10.9. The largest absolute Gasteiger partial charge is 0.369 e. The highest BCUT2D eigenvalue weighted by molar-refractivity contribution is 5.30. The Morgan fingerprint density at radius 3 is 2.67 bits per heavy atom. The highest BCUT2D eigenvalue weighted by Crippen LogP contribution is 2.07. The van der Waals surface area contributed by atoms with Crippen LogP contribution in [0.3, 0.4) is 0 Å². The molecule has 1 aromatic rings. The Hall–Kier alpha value is -1.67. The van der Waals surface area contributed by atoms with E-state index in [9.17, 15) is 0 Å². The summed E-state index contributed by atoms with van der Waals surface area (Å²) in [6, 6.07) is 2.57. The van der Waals surface area contributed by atoms with E-state index in [1.54, 1.807) is 12.4 Å². The Kier molecular flexibility index (Phi) is 6.09. The van der Waals surface area contributed by atoms with E-state index >= 15 is 0 Å². The molecule has 5 nitrogen and oxygen atoms in total. The van der Waals surface area contributed by atoms with E-state index in [1.165, 1.54) is 0 Å². The predicted molar refractivity (Wildman–Crippen MR) is 72.0 cm³/mol. The maximum Gasteiger partial charge on any atom is 0.144 e. The summed E-state index contributed by atoms with van der Waals surface area (Å²) in [6.07, 6.45) is 4.09. The highest BCUT2D eigenvalue weighted by atomic mass is 15.2. The number of hydrogen-bond acceptors (Lipinski definition) is 5. The smallest absolute Gasteiger partial charge is 0.144 e. The van der Waals surface area contributed by atoms with Gasteiger partial charge in [0, 0.05) is 32.1 Å². The molecule has 0 aromatic carbocycles. The van der Waals surface area contributed by atoms with Gasteiger partial charge in [-0.15, -0.1) is 0 Å². The maximum absolute atomic E-state index is 8.65. The van der Waals surface area contributed by atoms with Crippen molar-refractivity contribution in [3.05, 3.63) is 18.1 Å². The standard InChI is InChI=1S/C13H21N5/c1-4-15-13-9-16-12(8-17-13)10-18(11(2)3)7-5-6-14/h8-9,11H,4-5,7,10H2,1-3H3,(H,15,17). The van der Waals surface area contributed by atoms with Crippen molar-refractivity contribution in [3.8, 4) is 6.07 Å². The fourth-order valence-corrected chi connectivity index (χ4v) is 1.63. The van der Waals surface area contributed by atoms with Crippen LogP contribution in [-0.4, -0.2) is 34.0 Å². The molecule has 0 unspecified atom stereocenters. The molecule has 0 aliphatic carbocycles. The van der Waals surface area contributed by atoms with E-state index in [2.05, 4.69) is 40.1 Å². The summed E-state index contributed by atoms with van der Waals surface area (Å²) < 4.78 is 0. The quantitative estimate of drug-likeness (QED) is 0.798. The minimum atomic E-state index is 0.397. The van der Waals surface area contributed by atoms with Gasteiger partial charge in [0.05, 0.1) is 24.2 Å². The molecular formula is C13H21N5. The van der Waals surface area contributed by atoms with Gasteiger partial charge in [-0.05, 0) is 20.8 Å². The maximum atomic E-state index is 8.65. The van der Waals surface area contributed by atoms with E-state index in [0.717, 1.165) is 31.1 Å². The summed E-state index contributed by atoms with van der Waals surface area (Å²) in [7, 11) is 0. The summed E-state index contributed by atoms with van der Waals surface area (Å²) in [5, 5.41) is 11.8. The number of hydrogen-bond donors (Lipinski definition) is 1. The van der Waals surface area contributed by atoms with Gasteiger partial charge in [-0.1, -0.05) is 0 Å². The van der Waals surface area contributed by atoms with Crippen LogP contribution >= 0.6 is 0 Å². The van der Waals surface area contributed by atoms with Gasteiger partial charge in [0.2, 0.25) is 0 Å². The average Bonchev–Trinajstić information content (AvgIpc) is 2.36. The van der Waals surface area contributed by atoms with Gasteiger partial charge in [-0.3, -0.25) is 9.88 Å². The average molecular weight is 247 g/mol. The van der Waals surface area contributed by atoms with Crippen LogP contribution in [0, 0.1) is 11.3 Å². The summed E-state index contributed by atoms with van der Waals surface area (Å²) in [6.45, 7) is 8.62. The lowest BCUT2D eigenvalue weighted by Gasteiger charge is -2.24. The molecule has 0 saturated heterocycles. The van der Waals surface area contributed by atoms with Crippen molar-refractivity contribution < 1.29 is 0 Å². The monoisotopic (exact) mass is 247 g/mol. The Bertz CT molecular complexity index is 379. The first-order valence-corrected chi connectivity index (χ1v) is 6.33. The number of nitrogens with one attached hydrogen (secondary N) is 1. The molecule has 0 aliphatic heterocycles. The molecule has 98 valence electrons. The molecule has 0 atom stereocenters. The molecule has 0 bridgehead atoms. The lowest BCUT2D eigenvalue weighted by atomic mass is 10.2. The first-order valence-electron chi connectivity index (χ1n) is 6.33. The lowest BCUT2D eigenvalue weighted by molar-refractivity contribution is 0.215. The van der Waals surface area contributed by atoms with Crippen molar-refractivity contribution in [2.45, 2.75) is 39.8 Å². The number of anilines is 1. The van der Waals surface area contributed by atoms with Crippen molar-refractivity contribution in [1.82, 2.24) is 14.9 Å². The SMILES string of the molecule is CCNc1cnc(CN(CCC#N)C(C)C)cn1. The third-order valence-corrected chi connectivity index (χ3v) is 2.67. The Balaban J connectivity index is 2.60. The summed E-state index contributed by atoms with van der Waals surface area (Å²) in [5.41, 5.74) is 0.934. The van der Waals surface area contributed by atoms with Gasteiger partial charge in [0.1, 0.15) is 5.82 Å². The summed E-state index contributed by atoms with van der Waals surface area (Å²) in [5.74, 6) is 0.800. The van der Waals surface area contributed by atoms with Gasteiger partial charge >= 0.3 is 0 Å². The molecule has 18 heavy (non-hydrogen) atoms. The minimum absolute atomic E-state index is 0.397. The molecule has 1 heterocycles. The van der Waals surface area contributed by atoms with Gasteiger partial charge in [-0.2, -0.15) is 5.26 Å². The van der Waals surface area contributed by atoms with E-state index < -0.39 is 0 Å². The first-order chi connectivity index (χ1) is 8.67. The second-order valence-electron chi connectivity index (χ2n) is 4.40. The van der Waals surface area contributed by atoms with Gasteiger partial charge < -0.3 is 5.32 Å². The Morgan fingerprint density at radius 2 is 2.17 bits per heavy atom. The van der Waals surface area contributed by atoms with Crippen LogP contribution < -0.4 is 5.32 Å². The second-order valence-corrected chi connectivity index (χ2v) is 4.40. The van der Waals surface area contributed by atoms with Crippen molar-refractivity contribution in [2.24, 2.45) is 0 Å². The zero-order valence-corrected chi connectivity index (χ0v) is 11.3. The van der Waals surface area contributed by atoms with Crippen LogP contribution in [0.5, 0.6) is 0 Å². The van der Waals surface area contributed by atoms with Crippen LogP contribution in [-0.2, 0) is 6.54 Å². The van der Waals surface area contributed by atoms with Gasteiger partial charge in [-0.25, -0.2) is 4.98 Å². The Morgan fingerprint density at radius 1 is 1.39 bits per heavy atom. The zero-order valence-electron chi connectivity index (χ0n) is 11.3. The number of rotatable bonds is 7. The van der Waals surface area contributed by atoms with Crippen LogP contribution in [0.25, 0.3) is 0 Å². The highest BCUT2D eigenvalue weighted by Gasteiger charge is 2.10. The van der Waals surface area contributed by atoms with E-state index in [4.69, 9.17) is 5.26 Å². The molecule has 1 rings (SSSR count). The van der Waals surface area contributed by atoms with Gasteiger partial charge in [0.15, 0.2) is 0 Å². The first kappa shape index (κ1) is 14.4. The van der Waals surface area contributed by atoms with Crippen molar-refractivity contribution in [3.63, 3.8) is 0 Å². The molecule has 1 N–H and O–H groups in total. The topological polar surface area (TPSA) is 64.8 Å². The fourth-order valence-electron chi connectivity index (χ4n) is 1.63. The zero-order chi connectivity index (χ0) is 13.4. The number of nitrogens with zero attached hydrogens (tertiary/aromatic N) is 4. The number of aromatic nitrogens is 2. The van der Waals surface area contributed by atoms with E-state index in [-0.39, 0.29) is 0 Å². The molecular weight excluding hydrogens is 226 g/mol. The second kappa shape index (κ2) is 7.62. The Labute approximate surface area is 109 Å². The molecule has 0 amide bonds. The number of nitriles is 1. The van der Waals surface area contributed by atoms with Crippen molar-refractivity contribution in [2.75, 3.05) is 18.4 Å². The molecule has 5 heteroatoms. The molecule has 0 fully saturated rings. The van der Waals surface area contributed by atoms with Gasteiger partial charge in [0.25, 0.3) is 0 Å². The van der Waals surface area contributed by atoms with Crippen LogP contribution in [0.4, 0.5) is 5.82 Å². The van der Waals surface area contributed by atoms with Crippen molar-refractivity contribution >= 4 is 5.82 Å². The van der Waals surface area contributed by atoms with Crippen LogP contribution in [0.1, 0.15) is 32.9 Å². The molecule has 0 spiro atoms. The molecule has 0 aliphatic rings. The van der Waals surface area contributed by atoms with Crippen LogP contribution in [0.15, 0.2) is 12.4 Å². The molecule has 0 radical (unpaired) electrons.